The predicted octanol–water partition coefficient (Wildman–Crippen LogP) is 1.58. The Morgan fingerprint density at radius 1 is 1.38 bits per heavy atom. The number of halogens is 1. The van der Waals surface area contributed by atoms with Crippen molar-refractivity contribution in [2.45, 2.75) is 18.9 Å². The first-order chi connectivity index (χ1) is 10.0. The molecular weight excluding hydrogens is 271 g/mol. The molecule has 21 heavy (non-hydrogen) atoms. The summed E-state index contributed by atoms with van der Waals surface area (Å²) >= 11 is 0. The number of ketones is 1. The second kappa shape index (κ2) is 7.00. The van der Waals surface area contributed by atoms with Gasteiger partial charge in [-0.05, 0) is 51.3 Å². The quantitative estimate of drug-likeness (QED) is 0.844. The molecule has 0 radical (unpaired) electrons. The zero-order chi connectivity index (χ0) is 15.4. The summed E-state index contributed by atoms with van der Waals surface area (Å²) in [7, 11) is 5.45. The summed E-state index contributed by atoms with van der Waals surface area (Å²) in [5.41, 5.74) is 0.693. The largest absolute Gasteiger partial charge is 0.494 e. The van der Waals surface area contributed by atoms with Gasteiger partial charge in [0, 0.05) is 13.0 Å². The summed E-state index contributed by atoms with van der Waals surface area (Å²) in [5.74, 6) is -0.0810. The number of rotatable bonds is 4. The Hall–Kier alpha value is -1.46. The first-order valence-electron chi connectivity index (χ1n) is 7.25. The number of benzene rings is 1. The molecule has 1 atom stereocenters. The Balaban J connectivity index is 2.07. The van der Waals surface area contributed by atoms with Crippen LogP contribution in [0.1, 0.15) is 12.0 Å². The van der Waals surface area contributed by atoms with Crippen LogP contribution in [0.3, 0.4) is 0 Å². The summed E-state index contributed by atoms with van der Waals surface area (Å²) in [6.07, 6.45) is 1.32. The first kappa shape index (κ1) is 15.9. The number of methoxy groups -OCH3 is 1. The molecule has 2 rings (SSSR count). The Labute approximate surface area is 125 Å². The van der Waals surface area contributed by atoms with Crippen molar-refractivity contribution in [3.05, 3.63) is 29.6 Å². The van der Waals surface area contributed by atoms with E-state index in [0.717, 1.165) is 26.1 Å². The molecule has 1 saturated heterocycles. The number of hydrogen-bond donors (Lipinski definition) is 0. The molecule has 0 spiro atoms. The minimum Gasteiger partial charge on any atom is -0.494 e. The SMILES string of the molecule is COc1ccc(CC(=O)C2CN(C)CCCN2C)cc1F. The van der Waals surface area contributed by atoms with Crippen LogP contribution in [0.15, 0.2) is 18.2 Å². The molecule has 0 aromatic heterocycles. The molecule has 0 amide bonds. The van der Waals surface area contributed by atoms with Gasteiger partial charge in [0.15, 0.2) is 17.3 Å². The average molecular weight is 294 g/mol. The lowest BCUT2D eigenvalue weighted by Crippen LogP contribution is -2.44. The summed E-state index contributed by atoms with van der Waals surface area (Å²) in [4.78, 5) is 16.8. The minimum absolute atomic E-state index is 0.123. The zero-order valence-corrected chi connectivity index (χ0v) is 12.9. The van der Waals surface area contributed by atoms with E-state index < -0.39 is 5.82 Å². The second-order valence-corrected chi connectivity index (χ2v) is 5.72. The standard InChI is InChI=1S/C16H23FN2O2/c1-18-7-4-8-19(2)14(11-18)15(20)10-12-5-6-16(21-3)13(17)9-12/h5-6,9,14H,4,7-8,10-11H2,1-3H3. The Kier molecular flexibility index (Phi) is 5.31. The van der Waals surface area contributed by atoms with E-state index >= 15 is 0 Å². The van der Waals surface area contributed by atoms with Gasteiger partial charge in [0.25, 0.3) is 0 Å². The van der Waals surface area contributed by atoms with E-state index in [4.69, 9.17) is 4.74 Å². The van der Waals surface area contributed by atoms with Gasteiger partial charge in [0.05, 0.1) is 13.2 Å². The van der Waals surface area contributed by atoms with Crippen LogP contribution in [0, 0.1) is 5.82 Å². The van der Waals surface area contributed by atoms with Gasteiger partial charge in [0.2, 0.25) is 0 Å². The predicted molar refractivity (Wildman–Crippen MR) is 80.2 cm³/mol. The van der Waals surface area contributed by atoms with Crippen molar-refractivity contribution in [3.8, 4) is 5.75 Å². The molecule has 4 nitrogen and oxygen atoms in total. The van der Waals surface area contributed by atoms with Crippen molar-refractivity contribution in [2.75, 3.05) is 40.8 Å². The van der Waals surface area contributed by atoms with E-state index in [0.29, 0.717) is 5.56 Å². The maximum absolute atomic E-state index is 13.7. The van der Waals surface area contributed by atoms with Crippen LogP contribution in [0.4, 0.5) is 4.39 Å². The highest BCUT2D eigenvalue weighted by Gasteiger charge is 2.26. The molecule has 0 N–H and O–H groups in total. The molecule has 1 aromatic carbocycles. The number of hydrogen-bond acceptors (Lipinski definition) is 4. The smallest absolute Gasteiger partial charge is 0.165 e. The van der Waals surface area contributed by atoms with Crippen LogP contribution in [0.2, 0.25) is 0 Å². The van der Waals surface area contributed by atoms with Gasteiger partial charge in [-0.15, -0.1) is 0 Å². The van der Waals surface area contributed by atoms with Crippen LogP contribution >= 0.6 is 0 Å². The lowest BCUT2D eigenvalue weighted by molar-refractivity contribution is -0.123. The first-order valence-corrected chi connectivity index (χ1v) is 7.25. The molecule has 1 aromatic rings. The lowest BCUT2D eigenvalue weighted by Gasteiger charge is -2.26. The Morgan fingerprint density at radius 3 is 2.81 bits per heavy atom. The maximum atomic E-state index is 13.7. The average Bonchev–Trinajstić information content (AvgIpc) is 2.60. The highest BCUT2D eigenvalue weighted by atomic mass is 19.1. The van der Waals surface area contributed by atoms with E-state index in [1.54, 1.807) is 12.1 Å². The number of likely N-dealkylation sites (N-methyl/N-ethyl adjacent to an activating group) is 2. The van der Waals surface area contributed by atoms with Crippen LogP contribution in [-0.2, 0) is 11.2 Å². The fourth-order valence-electron chi connectivity index (χ4n) is 2.76. The molecule has 1 heterocycles. The van der Waals surface area contributed by atoms with Gasteiger partial charge in [-0.25, -0.2) is 4.39 Å². The van der Waals surface area contributed by atoms with E-state index in [2.05, 4.69) is 9.80 Å². The molecular formula is C16H23FN2O2. The van der Waals surface area contributed by atoms with Crippen molar-refractivity contribution in [1.29, 1.82) is 0 Å². The van der Waals surface area contributed by atoms with Crippen molar-refractivity contribution >= 4 is 5.78 Å². The van der Waals surface area contributed by atoms with Crippen LogP contribution in [0.25, 0.3) is 0 Å². The number of carbonyl (C=O) groups is 1. The van der Waals surface area contributed by atoms with Gasteiger partial charge < -0.3 is 9.64 Å². The van der Waals surface area contributed by atoms with Gasteiger partial charge in [-0.3, -0.25) is 9.69 Å². The van der Waals surface area contributed by atoms with Crippen molar-refractivity contribution in [3.63, 3.8) is 0 Å². The number of carbonyl (C=O) groups excluding carboxylic acids is 1. The molecule has 1 fully saturated rings. The van der Waals surface area contributed by atoms with E-state index in [9.17, 15) is 9.18 Å². The molecule has 0 saturated carbocycles. The van der Waals surface area contributed by atoms with Crippen LogP contribution < -0.4 is 4.74 Å². The fraction of sp³-hybridized carbons (Fsp3) is 0.562. The summed E-state index contributed by atoms with van der Waals surface area (Å²) < 4.78 is 18.6. The Morgan fingerprint density at radius 2 is 2.14 bits per heavy atom. The van der Waals surface area contributed by atoms with Crippen molar-refractivity contribution in [1.82, 2.24) is 9.80 Å². The highest BCUT2D eigenvalue weighted by molar-refractivity contribution is 5.86. The summed E-state index contributed by atoms with van der Waals surface area (Å²) in [6.45, 7) is 2.65. The number of Topliss-reactive ketones (excluding diaryl/α,β-unsaturated/α-hetero) is 1. The third kappa shape index (κ3) is 4.02. The highest BCUT2D eigenvalue weighted by Crippen LogP contribution is 2.19. The summed E-state index contributed by atoms with van der Waals surface area (Å²) in [5, 5.41) is 0. The van der Waals surface area contributed by atoms with Gasteiger partial charge in [-0.1, -0.05) is 6.07 Å². The van der Waals surface area contributed by atoms with E-state index in [1.807, 2.05) is 14.1 Å². The minimum atomic E-state index is -0.422. The number of ether oxygens (including phenoxy) is 1. The fourth-order valence-corrected chi connectivity index (χ4v) is 2.76. The zero-order valence-electron chi connectivity index (χ0n) is 12.9. The molecule has 5 heteroatoms. The van der Waals surface area contributed by atoms with E-state index in [-0.39, 0.29) is 24.0 Å². The monoisotopic (exact) mass is 294 g/mol. The number of nitrogens with zero attached hydrogens (tertiary/aromatic N) is 2. The molecule has 1 unspecified atom stereocenters. The maximum Gasteiger partial charge on any atom is 0.165 e. The van der Waals surface area contributed by atoms with Crippen LogP contribution in [0.5, 0.6) is 5.75 Å². The lowest BCUT2D eigenvalue weighted by atomic mass is 10.0. The molecule has 1 aliphatic heterocycles. The van der Waals surface area contributed by atoms with Crippen molar-refractivity contribution in [2.24, 2.45) is 0 Å². The van der Waals surface area contributed by atoms with Gasteiger partial charge in [0.1, 0.15) is 0 Å². The molecule has 0 bridgehead atoms. The normalized spacial score (nSPS) is 21.0. The Bertz CT molecular complexity index is 507. The third-order valence-corrected chi connectivity index (χ3v) is 4.03. The molecule has 116 valence electrons. The molecule has 1 aliphatic rings. The van der Waals surface area contributed by atoms with Crippen molar-refractivity contribution < 1.29 is 13.9 Å². The third-order valence-electron chi connectivity index (χ3n) is 4.03. The molecule has 0 aliphatic carbocycles. The topological polar surface area (TPSA) is 32.8 Å². The van der Waals surface area contributed by atoms with E-state index in [1.165, 1.54) is 13.2 Å². The van der Waals surface area contributed by atoms with Crippen LogP contribution in [-0.4, -0.2) is 62.5 Å². The van der Waals surface area contributed by atoms with Gasteiger partial charge >= 0.3 is 0 Å². The van der Waals surface area contributed by atoms with Gasteiger partial charge in [-0.2, -0.15) is 0 Å². The second-order valence-electron chi connectivity index (χ2n) is 5.72. The summed E-state index contributed by atoms with van der Waals surface area (Å²) in [6, 6.07) is 4.58.